The zero-order chi connectivity index (χ0) is 17.3. The Bertz CT molecular complexity index is 837. The molecule has 0 amide bonds. The molecule has 0 bridgehead atoms. The van der Waals surface area contributed by atoms with Crippen molar-refractivity contribution in [2.45, 2.75) is 18.7 Å². The number of benzene rings is 1. The lowest BCUT2D eigenvalue weighted by atomic mass is 10.2. The summed E-state index contributed by atoms with van der Waals surface area (Å²) in [6.45, 7) is 4.78. The topological polar surface area (TPSA) is 96.6 Å². The highest BCUT2D eigenvalue weighted by Gasteiger charge is 2.30. The van der Waals surface area contributed by atoms with Gasteiger partial charge in [0.25, 0.3) is 0 Å². The SMILES string of the molecule is CC(=O)c1ccc(S(=O)(=O)N2CCN(c3nnc(C)o3)CC2)cc1. The Morgan fingerprint density at radius 2 is 1.71 bits per heavy atom. The molecule has 1 aliphatic rings. The van der Waals surface area contributed by atoms with Gasteiger partial charge in [-0.2, -0.15) is 4.31 Å². The fraction of sp³-hybridized carbons (Fsp3) is 0.400. The van der Waals surface area contributed by atoms with E-state index in [2.05, 4.69) is 10.2 Å². The van der Waals surface area contributed by atoms with Gasteiger partial charge in [-0.25, -0.2) is 8.42 Å². The van der Waals surface area contributed by atoms with E-state index in [1.54, 1.807) is 6.92 Å². The fourth-order valence-corrected chi connectivity index (χ4v) is 3.97. The van der Waals surface area contributed by atoms with Gasteiger partial charge in [0.1, 0.15) is 0 Å². The van der Waals surface area contributed by atoms with Crippen LogP contribution in [0.4, 0.5) is 6.01 Å². The van der Waals surface area contributed by atoms with E-state index < -0.39 is 10.0 Å². The first-order valence-corrected chi connectivity index (χ1v) is 8.98. The van der Waals surface area contributed by atoms with Gasteiger partial charge in [-0.1, -0.05) is 17.2 Å². The molecule has 24 heavy (non-hydrogen) atoms. The number of aryl methyl sites for hydroxylation is 1. The Hall–Kier alpha value is -2.26. The number of ketones is 1. The number of aromatic nitrogens is 2. The van der Waals surface area contributed by atoms with E-state index in [4.69, 9.17) is 4.42 Å². The Kier molecular flexibility index (Phi) is 4.37. The molecule has 2 aromatic rings. The van der Waals surface area contributed by atoms with E-state index in [0.717, 1.165) is 0 Å². The maximum Gasteiger partial charge on any atom is 0.318 e. The second kappa shape index (κ2) is 6.33. The van der Waals surface area contributed by atoms with Gasteiger partial charge in [0, 0.05) is 38.7 Å². The van der Waals surface area contributed by atoms with Crippen molar-refractivity contribution < 1.29 is 17.6 Å². The van der Waals surface area contributed by atoms with Crippen LogP contribution in [0.5, 0.6) is 0 Å². The summed E-state index contributed by atoms with van der Waals surface area (Å²) >= 11 is 0. The molecule has 0 aliphatic carbocycles. The second-order valence-corrected chi connectivity index (χ2v) is 7.51. The van der Waals surface area contributed by atoms with Crippen molar-refractivity contribution in [2.75, 3.05) is 31.1 Å². The first-order chi connectivity index (χ1) is 11.4. The molecule has 9 heteroatoms. The molecule has 1 aliphatic heterocycles. The summed E-state index contributed by atoms with van der Waals surface area (Å²) in [5.74, 6) is 0.382. The van der Waals surface area contributed by atoms with Crippen LogP contribution < -0.4 is 4.90 Å². The minimum Gasteiger partial charge on any atom is -0.408 e. The first kappa shape index (κ1) is 16.6. The lowest BCUT2D eigenvalue weighted by Gasteiger charge is -2.32. The van der Waals surface area contributed by atoms with E-state index in [0.29, 0.717) is 43.6 Å². The van der Waals surface area contributed by atoms with Crippen LogP contribution >= 0.6 is 0 Å². The summed E-state index contributed by atoms with van der Waals surface area (Å²) in [5.41, 5.74) is 0.491. The predicted octanol–water partition coefficient (Wildman–Crippen LogP) is 1.09. The lowest BCUT2D eigenvalue weighted by molar-refractivity contribution is 0.101. The molecule has 1 aromatic heterocycles. The zero-order valence-electron chi connectivity index (χ0n) is 13.5. The van der Waals surface area contributed by atoms with Crippen LogP contribution in [-0.2, 0) is 10.0 Å². The Balaban J connectivity index is 1.71. The van der Waals surface area contributed by atoms with E-state index in [9.17, 15) is 13.2 Å². The van der Waals surface area contributed by atoms with Gasteiger partial charge < -0.3 is 9.32 Å². The van der Waals surface area contributed by atoms with Crippen molar-refractivity contribution >= 4 is 21.8 Å². The summed E-state index contributed by atoms with van der Waals surface area (Å²) in [5, 5.41) is 7.73. The van der Waals surface area contributed by atoms with Crippen molar-refractivity contribution in [3.8, 4) is 0 Å². The molecule has 1 saturated heterocycles. The predicted molar refractivity (Wildman–Crippen MR) is 86.5 cm³/mol. The normalized spacial score (nSPS) is 16.3. The van der Waals surface area contributed by atoms with Crippen LogP contribution in [0.25, 0.3) is 0 Å². The molecule has 3 rings (SSSR count). The summed E-state index contributed by atoms with van der Waals surface area (Å²) in [6, 6.07) is 6.43. The molecule has 1 fully saturated rings. The number of anilines is 1. The number of sulfonamides is 1. The highest BCUT2D eigenvalue weighted by molar-refractivity contribution is 7.89. The maximum absolute atomic E-state index is 12.7. The largest absolute Gasteiger partial charge is 0.408 e. The molecular weight excluding hydrogens is 332 g/mol. The van der Waals surface area contributed by atoms with E-state index >= 15 is 0 Å². The molecule has 8 nitrogen and oxygen atoms in total. The maximum atomic E-state index is 12.7. The Labute approximate surface area is 140 Å². The standard InChI is InChI=1S/C15H18N4O4S/c1-11(20)13-3-5-14(6-4-13)24(21,22)19-9-7-18(8-10-19)15-17-16-12(2)23-15/h3-6H,7-10H2,1-2H3. The minimum absolute atomic E-state index is 0.0950. The van der Waals surface area contributed by atoms with Crippen molar-refractivity contribution in [2.24, 2.45) is 0 Å². The number of hydrogen-bond donors (Lipinski definition) is 0. The molecular formula is C15H18N4O4S. The van der Waals surface area contributed by atoms with Gasteiger partial charge in [-0.05, 0) is 19.1 Å². The number of nitrogens with zero attached hydrogens (tertiary/aromatic N) is 4. The first-order valence-electron chi connectivity index (χ1n) is 7.54. The van der Waals surface area contributed by atoms with Gasteiger partial charge in [-0.15, -0.1) is 5.10 Å². The number of carbonyl (C=O) groups is 1. The lowest BCUT2D eigenvalue weighted by Crippen LogP contribution is -2.48. The van der Waals surface area contributed by atoms with Gasteiger partial charge in [0.2, 0.25) is 15.9 Å². The van der Waals surface area contributed by atoms with Crippen LogP contribution in [0.15, 0.2) is 33.6 Å². The number of rotatable bonds is 4. The smallest absolute Gasteiger partial charge is 0.318 e. The number of carbonyl (C=O) groups excluding carboxylic acids is 1. The van der Waals surface area contributed by atoms with Crippen molar-refractivity contribution in [1.29, 1.82) is 0 Å². The fourth-order valence-electron chi connectivity index (χ4n) is 2.54. The van der Waals surface area contributed by atoms with Crippen molar-refractivity contribution in [1.82, 2.24) is 14.5 Å². The Morgan fingerprint density at radius 1 is 1.08 bits per heavy atom. The monoisotopic (exact) mass is 350 g/mol. The van der Waals surface area contributed by atoms with Crippen LogP contribution in [0, 0.1) is 6.92 Å². The van der Waals surface area contributed by atoms with Gasteiger partial charge in [-0.3, -0.25) is 4.79 Å². The Morgan fingerprint density at radius 3 is 2.21 bits per heavy atom. The third-order valence-electron chi connectivity index (χ3n) is 3.92. The average molecular weight is 350 g/mol. The van der Waals surface area contributed by atoms with Crippen LogP contribution in [0.1, 0.15) is 23.2 Å². The third kappa shape index (κ3) is 3.17. The van der Waals surface area contributed by atoms with Gasteiger partial charge >= 0.3 is 6.01 Å². The summed E-state index contributed by atoms with van der Waals surface area (Å²) in [6.07, 6.45) is 0. The summed E-state index contributed by atoms with van der Waals surface area (Å²) in [7, 11) is -3.58. The summed E-state index contributed by atoms with van der Waals surface area (Å²) < 4.78 is 32.2. The highest BCUT2D eigenvalue weighted by Crippen LogP contribution is 2.20. The molecule has 0 N–H and O–H groups in total. The third-order valence-corrected chi connectivity index (χ3v) is 5.84. The highest BCUT2D eigenvalue weighted by atomic mass is 32.2. The van der Waals surface area contributed by atoms with E-state index in [-0.39, 0.29) is 10.7 Å². The van der Waals surface area contributed by atoms with Crippen molar-refractivity contribution in [3.05, 3.63) is 35.7 Å². The molecule has 128 valence electrons. The second-order valence-electron chi connectivity index (χ2n) is 5.58. The molecule has 0 atom stereocenters. The van der Waals surface area contributed by atoms with E-state index in [1.165, 1.54) is 35.5 Å². The van der Waals surface area contributed by atoms with Crippen molar-refractivity contribution in [3.63, 3.8) is 0 Å². The summed E-state index contributed by atoms with van der Waals surface area (Å²) in [4.78, 5) is 13.4. The van der Waals surface area contributed by atoms with Gasteiger partial charge in [0.15, 0.2) is 5.78 Å². The molecule has 0 radical (unpaired) electrons. The quantitative estimate of drug-likeness (QED) is 0.762. The minimum atomic E-state index is -3.58. The van der Waals surface area contributed by atoms with Gasteiger partial charge in [0.05, 0.1) is 4.90 Å². The van der Waals surface area contributed by atoms with Crippen LogP contribution in [-0.4, -0.2) is 54.9 Å². The van der Waals surface area contributed by atoms with E-state index in [1.807, 2.05) is 4.90 Å². The van der Waals surface area contributed by atoms with Crippen LogP contribution in [0.2, 0.25) is 0 Å². The molecule has 2 heterocycles. The average Bonchev–Trinajstić information content (AvgIpc) is 3.01. The molecule has 0 unspecified atom stereocenters. The zero-order valence-corrected chi connectivity index (χ0v) is 14.3. The molecule has 1 aromatic carbocycles. The van der Waals surface area contributed by atoms with Crippen LogP contribution in [0.3, 0.4) is 0 Å². The number of piperazine rings is 1. The number of hydrogen-bond acceptors (Lipinski definition) is 7. The molecule has 0 spiro atoms. The molecule has 0 saturated carbocycles. The number of Topliss-reactive ketones (excluding diaryl/α,β-unsaturated/α-hetero) is 1.